The van der Waals surface area contributed by atoms with E-state index in [1.807, 2.05) is 36.4 Å². The van der Waals surface area contributed by atoms with Crippen molar-refractivity contribution in [1.82, 2.24) is 10.4 Å². The smallest absolute Gasteiger partial charge is 0.417 e. The van der Waals surface area contributed by atoms with E-state index >= 15 is 0 Å². The summed E-state index contributed by atoms with van der Waals surface area (Å²) in [7, 11) is 0. The molecule has 220 valence electrons. The van der Waals surface area contributed by atoms with Gasteiger partial charge >= 0.3 is 6.18 Å². The summed E-state index contributed by atoms with van der Waals surface area (Å²) >= 11 is 6.30. The number of rotatable bonds is 13. The number of alkyl halides is 3. The van der Waals surface area contributed by atoms with Gasteiger partial charge in [0.1, 0.15) is 5.75 Å². The molecule has 0 radical (unpaired) electrons. The second-order valence-electron chi connectivity index (χ2n) is 9.95. The van der Waals surface area contributed by atoms with Crippen molar-refractivity contribution in [3.05, 3.63) is 136 Å². The number of halogens is 4. The fraction of sp³-hybridized carbons (Fsp3) is 0.242. The second-order valence-corrected chi connectivity index (χ2v) is 10.3. The lowest BCUT2D eigenvalue weighted by molar-refractivity contribution is -0.137. The Bertz CT molecular complexity index is 1400. The van der Waals surface area contributed by atoms with Crippen molar-refractivity contribution in [1.29, 1.82) is 0 Å². The van der Waals surface area contributed by atoms with Crippen molar-refractivity contribution in [3.63, 3.8) is 0 Å². The third-order valence-electron chi connectivity index (χ3n) is 6.90. The molecule has 0 saturated carbocycles. The molecular weight excluding hydrogens is 565 g/mol. The summed E-state index contributed by atoms with van der Waals surface area (Å²) in [6.45, 7) is 1.66. The number of ether oxygens (including phenoxy) is 1. The van der Waals surface area contributed by atoms with E-state index in [9.17, 15) is 18.0 Å². The first-order valence-electron chi connectivity index (χ1n) is 13.6. The summed E-state index contributed by atoms with van der Waals surface area (Å²) in [5, 5.41) is 8.49. The minimum atomic E-state index is -4.55. The van der Waals surface area contributed by atoms with Gasteiger partial charge in [-0.25, -0.2) is 5.48 Å². The summed E-state index contributed by atoms with van der Waals surface area (Å²) in [5.41, 5.74) is 4.06. The largest absolute Gasteiger partial charge is 0.494 e. The highest BCUT2D eigenvalue weighted by atomic mass is 35.5. The molecule has 0 atom stereocenters. The van der Waals surface area contributed by atoms with Crippen molar-refractivity contribution in [3.8, 4) is 5.75 Å². The Morgan fingerprint density at radius 1 is 0.905 bits per heavy atom. The lowest BCUT2D eigenvalue weighted by atomic mass is 9.90. The highest BCUT2D eigenvalue weighted by molar-refractivity contribution is 6.32. The third-order valence-corrected chi connectivity index (χ3v) is 7.34. The Kier molecular flexibility index (Phi) is 11.0. The van der Waals surface area contributed by atoms with Crippen LogP contribution in [0.4, 0.5) is 13.2 Å². The first-order valence-corrected chi connectivity index (χ1v) is 13.9. The Hall–Kier alpha value is -3.85. The van der Waals surface area contributed by atoms with Crippen LogP contribution in [0.15, 0.2) is 103 Å². The topological polar surface area (TPSA) is 61.8 Å². The molecule has 0 saturated heterocycles. The predicted molar refractivity (Wildman–Crippen MR) is 157 cm³/mol. The molecule has 42 heavy (non-hydrogen) atoms. The van der Waals surface area contributed by atoms with Crippen LogP contribution in [0.2, 0.25) is 5.02 Å². The first kappa shape index (κ1) is 31.1. The van der Waals surface area contributed by atoms with Gasteiger partial charge in [-0.15, -0.1) is 0 Å². The van der Waals surface area contributed by atoms with Gasteiger partial charge in [0.05, 0.1) is 23.6 Å². The monoisotopic (exact) mass is 596 g/mol. The molecule has 0 aliphatic heterocycles. The van der Waals surface area contributed by atoms with E-state index in [-0.39, 0.29) is 23.9 Å². The number of amides is 1. The summed E-state index contributed by atoms with van der Waals surface area (Å²) in [6, 6.07) is 31.1. The van der Waals surface area contributed by atoms with Crippen LogP contribution in [-0.4, -0.2) is 35.7 Å². The molecule has 0 fully saturated rings. The average molecular weight is 597 g/mol. The Labute approximate surface area is 248 Å². The maximum Gasteiger partial charge on any atom is 0.417 e. The van der Waals surface area contributed by atoms with Gasteiger partial charge in [0, 0.05) is 25.6 Å². The number of hydrogen-bond acceptors (Lipinski definition) is 4. The zero-order chi connectivity index (χ0) is 30.0. The van der Waals surface area contributed by atoms with Crippen molar-refractivity contribution >= 4 is 17.5 Å². The highest BCUT2D eigenvalue weighted by Gasteiger charge is 2.34. The fourth-order valence-corrected chi connectivity index (χ4v) is 5.17. The number of carbonyl (C=O) groups is 1. The molecule has 9 heteroatoms. The minimum Gasteiger partial charge on any atom is -0.494 e. The van der Waals surface area contributed by atoms with E-state index in [1.54, 1.807) is 35.8 Å². The van der Waals surface area contributed by atoms with Crippen LogP contribution >= 0.6 is 11.6 Å². The third kappa shape index (κ3) is 8.82. The zero-order valence-corrected chi connectivity index (χ0v) is 23.6. The van der Waals surface area contributed by atoms with Crippen molar-refractivity contribution in [2.24, 2.45) is 0 Å². The molecule has 5 nitrogen and oxygen atoms in total. The molecule has 0 bridgehead atoms. The van der Waals surface area contributed by atoms with Crippen molar-refractivity contribution in [2.45, 2.75) is 31.5 Å². The summed E-state index contributed by atoms with van der Waals surface area (Å²) in [4.78, 5) is 13.6. The van der Waals surface area contributed by atoms with Crippen LogP contribution in [-0.2, 0) is 23.9 Å². The molecule has 0 aliphatic rings. The van der Waals surface area contributed by atoms with E-state index < -0.39 is 17.6 Å². The molecule has 0 aliphatic carbocycles. The summed E-state index contributed by atoms with van der Waals surface area (Å²) < 4.78 is 46.7. The SMILES string of the molecule is O=C(Cc1cccc(OCCCN(Cc2cccc(C(F)(F)F)c2Cl)CC(c2ccccc2)c2ccccc2)c1)NO. The lowest BCUT2D eigenvalue weighted by Gasteiger charge is -2.29. The molecular formula is C33H32ClF3N2O3. The van der Waals surface area contributed by atoms with Gasteiger partial charge < -0.3 is 4.74 Å². The van der Waals surface area contributed by atoms with Crippen LogP contribution in [0.25, 0.3) is 0 Å². The molecule has 0 unspecified atom stereocenters. The Morgan fingerprint density at radius 3 is 2.17 bits per heavy atom. The molecule has 0 heterocycles. The highest BCUT2D eigenvalue weighted by Crippen LogP contribution is 2.37. The Morgan fingerprint density at radius 2 is 1.55 bits per heavy atom. The second kappa shape index (κ2) is 14.9. The first-order chi connectivity index (χ1) is 20.2. The van der Waals surface area contributed by atoms with Gasteiger partial charge in [0.25, 0.3) is 0 Å². The van der Waals surface area contributed by atoms with Crippen LogP contribution in [0.5, 0.6) is 5.75 Å². The van der Waals surface area contributed by atoms with E-state index in [1.165, 1.54) is 6.07 Å². The number of benzene rings is 4. The Balaban J connectivity index is 1.53. The molecule has 4 rings (SSSR count). The average Bonchev–Trinajstić information content (AvgIpc) is 2.99. The van der Waals surface area contributed by atoms with Gasteiger partial charge in [-0.2, -0.15) is 13.2 Å². The minimum absolute atomic E-state index is 0.0135. The maximum atomic E-state index is 13.6. The van der Waals surface area contributed by atoms with Crippen LogP contribution in [0, 0.1) is 0 Å². The fourth-order valence-electron chi connectivity index (χ4n) is 4.88. The van der Waals surface area contributed by atoms with Gasteiger partial charge in [0.15, 0.2) is 0 Å². The molecule has 1 amide bonds. The van der Waals surface area contributed by atoms with E-state index in [2.05, 4.69) is 29.2 Å². The zero-order valence-electron chi connectivity index (χ0n) is 22.9. The van der Waals surface area contributed by atoms with Gasteiger partial charge in [0.2, 0.25) is 5.91 Å². The summed E-state index contributed by atoms with van der Waals surface area (Å²) in [5.74, 6) is 0.0341. The number of hydroxylamine groups is 1. The summed E-state index contributed by atoms with van der Waals surface area (Å²) in [6.07, 6.45) is -3.94. The quantitative estimate of drug-likeness (QED) is 0.0952. The van der Waals surface area contributed by atoms with E-state index in [4.69, 9.17) is 21.5 Å². The van der Waals surface area contributed by atoms with Crippen LogP contribution in [0.3, 0.4) is 0 Å². The van der Waals surface area contributed by atoms with Crippen molar-refractivity contribution in [2.75, 3.05) is 19.7 Å². The van der Waals surface area contributed by atoms with Gasteiger partial charge in [-0.05, 0) is 46.9 Å². The lowest BCUT2D eigenvalue weighted by Crippen LogP contribution is -2.31. The number of nitrogens with one attached hydrogen (secondary N) is 1. The molecule has 4 aromatic rings. The van der Waals surface area contributed by atoms with Gasteiger partial charge in [-0.1, -0.05) is 96.5 Å². The number of carbonyl (C=O) groups excluding carboxylic acids is 1. The maximum absolute atomic E-state index is 13.6. The van der Waals surface area contributed by atoms with E-state index in [0.717, 1.165) is 17.2 Å². The predicted octanol–water partition coefficient (Wildman–Crippen LogP) is 7.51. The van der Waals surface area contributed by atoms with E-state index in [0.29, 0.717) is 43.0 Å². The molecule has 2 N–H and O–H groups in total. The standard InChI is InChI=1S/C33H32ClF3N2O3/c34-32-27(15-8-17-30(32)33(35,36)37)22-39(18-9-19-42-28-16-7-10-24(20-28)21-31(40)38-41)23-29(25-11-3-1-4-12-25)26-13-5-2-6-14-26/h1-8,10-17,20,29,41H,9,18-19,21-23H2,(H,38,40). The molecule has 0 spiro atoms. The van der Waals surface area contributed by atoms with Gasteiger partial charge in [-0.3, -0.25) is 14.9 Å². The van der Waals surface area contributed by atoms with Crippen LogP contribution < -0.4 is 10.2 Å². The van der Waals surface area contributed by atoms with Crippen LogP contribution in [0.1, 0.15) is 40.2 Å². The normalized spacial score (nSPS) is 11.6. The molecule has 0 aromatic heterocycles. The number of nitrogens with zero attached hydrogens (tertiary/aromatic N) is 1. The van der Waals surface area contributed by atoms with Crippen molar-refractivity contribution < 1.29 is 27.9 Å². The number of hydrogen-bond donors (Lipinski definition) is 2. The molecule has 4 aromatic carbocycles.